The molecule has 0 rings (SSSR count). The molecule has 0 N–H and O–H groups in total. The Bertz CT molecular complexity index is 301. The van der Waals surface area contributed by atoms with E-state index < -0.39 is 0 Å². The molecule has 0 fully saturated rings. The van der Waals surface area contributed by atoms with Crippen molar-refractivity contribution < 1.29 is 9.53 Å². The fourth-order valence-electron chi connectivity index (χ4n) is 1.86. The van der Waals surface area contributed by atoms with E-state index in [-0.39, 0.29) is 5.97 Å². The Hall–Kier alpha value is -1.31. The molecule has 0 radical (unpaired) electrons. The second-order valence-corrected chi connectivity index (χ2v) is 4.89. The van der Waals surface area contributed by atoms with Crippen molar-refractivity contribution in [3.8, 4) is 0 Å². The van der Waals surface area contributed by atoms with Crippen LogP contribution in [-0.4, -0.2) is 13.1 Å². The van der Waals surface area contributed by atoms with Gasteiger partial charge in [-0.25, -0.2) is 0 Å². The Morgan fingerprint density at radius 2 is 1.45 bits per heavy atom. The Morgan fingerprint density at radius 1 is 0.850 bits per heavy atom. The number of methoxy groups -OCH3 is 1. The molecule has 0 atom stereocenters. The minimum Gasteiger partial charge on any atom is -0.469 e. The SMILES string of the molecule is CC/C=C/C=C/C=C/CCCCCCCCC(=O)OC. The van der Waals surface area contributed by atoms with Crippen LogP contribution in [0.2, 0.25) is 0 Å². The first-order valence-corrected chi connectivity index (χ1v) is 7.86. The summed E-state index contributed by atoms with van der Waals surface area (Å²) in [6, 6.07) is 0. The highest BCUT2D eigenvalue weighted by Crippen LogP contribution is 2.09. The van der Waals surface area contributed by atoms with Gasteiger partial charge in [0.05, 0.1) is 7.11 Å². The van der Waals surface area contributed by atoms with Crippen molar-refractivity contribution in [2.24, 2.45) is 0 Å². The standard InChI is InChI=1S/C18H30O2/c1-3-4-5-6-7-8-9-10-11-12-13-14-15-16-17-18(19)20-2/h4-9H,3,10-17H2,1-2H3/b5-4+,7-6+,9-8+. The number of hydrogen-bond acceptors (Lipinski definition) is 2. The van der Waals surface area contributed by atoms with E-state index in [1.54, 1.807) is 0 Å². The van der Waals surface area contributed by atoms with E-state index in [4.69, 9.17) is 0 Å². The van der Waals surface area contributed by atoms with Crippen LogP contribution < -0.4 is 0 Å². The molecule has 114 valence electrons. The number of hydrogen-bond donors (Lipinski definition) is 0. The van der Waals surface area contributed by atoms with E-state index in [1.807, 2.05) is 0 Å². The summed E-state index contributed by atoms with van der Waals surface area (Å²) in [6.07, 6.45) is 22.7. The first kappa shape index (κ1) is 18.7. The summed E-state index contributed by atoms with van der Waals surface area (Å²) in [4.78, 5) is 10.9. The molecule has 0 saturated heterocycles. The molecule has 2 nitrogen and oxygen atoms in total. The number of ether oxygens (including phenoxy) is 1. The zero-order chi connectivity index (χ0) is 14.9. The average molecular weight is 278 g/mol. The van der Waals surface area contributed by atoms with E-state index in [9.17, 15) is 4.79 Å². The quantitative estimate of drug-likeness (QED) is 0.273. The highest BCUT2D eigenvalue weighted by atomic mass is 16.5. The molecule has 0 aliphatic carbocycles. The predicted octanol–water partition coefficient (Wildman–Crippen LogP) is 5.36. The zero-order valence-electron chi connectivity index (χ0n) is 13.1. The highest BCUT2D eigenvalue weighted by molar-refractivity contribution is 5.68. The summed E-state index contributed by atoms with van der Waals surface area (Å²) in [5.41, 5.74) is 0. The zero-order valence-corrected chi connectivity index (χ0v) is 13.1. The second-order valence-electron chi connectivity index (χ2n) is 4.89. The molecule has 0 aromatic carbocycles. The van der Waals surface area contributed by atoms with E-state index in [2.05, 4.69) is 48.1 Å². The van der Waals surface area contributed by atoms with Crippen molar-refractivity contribution in [2.75, 3.05) is 7.11 Å². The van der Waals surface area contributed by atoms with Gasteiger partial charge in [0.1, 0.15) is 0 Å². The van der Waals surface area contributed by atoms with E-state index in [1.165, 1.54) is 32.8 Å². The first-order chi connectivity index (χ1) is 9.81. The smallest absolute Gasteiger partial charge is 0.305 e. The molecule has 0 bridgehead atoms. The van der Waals surface area contributed by atoms with Gasteiger partial charge in [0.15, 0.2) is 0 Å². The maximum atomic E-state index is 10.9. The normalized spacial score (nSPS) is 11.9. The third-order valence-electron chi connectivity index (χ3n) is 3.07. The van der Waals surface area contributed by atoms with Gasteiger partial charge in [-0.15, -0.1) is 0 Å². The second kappa shape index (κ2) is 15.7. The largest absolute Gasteiger partial charge is 0.469 e. The van der Waals surface area contributed by atoms with Crippen LogP contribution in [0.1, 0.15) is 64.7 Å². The summed E-state index contributed by atoms with van der Waals surface area (Å²) in [6.45, 7) is 2.13. The van der Waals surface area contributed by atoms with E-state index in [0.717, 1.165) is 25.7 Å². The number of unbranched alkanes of at least 4 members (excludes halogenated alkanes) is 6. The summed E-state index contributed by atoms with van der Waals surface area (Å²) in [7, 11) is 1.45. The lowest BCUT2D eigenvalue weighted by atomic mass is 10.1. The van der Waals surface area contributed by atoms with Gasteiger partial charge in [0.25, 0.3) is 0 Å². The lowest BCUT2D eigenvalue weighted by Gasteiger charge is -2.00. The number of esters is 1. The van der Waals surface area contributed by atoms with Crippen molar-refractivity contribution in [1.82, 2.24) is 0 Å². The van der Waals surface area contributed by atoms with Crippen molar-refractivity contribution in [2.45, 2.75) is 64.7 Å². The monoisotopic (exact) mass is 278 g/mol. The van der Waals surface area contributed by atoms with Gasteiger partial charge in [-0.3, -0.25) is 4.79 Å². The maximum Gasteiger partial charge on any atom is 0.305 e. The molecular weight excluding hydrogens is 248 g/mol. The molecule has 0 saturated carbocycles. The molecule has 0 unspecified atom stereocenters. The molecule has 0 amide bonds. The van der Waals surface area contributed by atoms with Crippen molar-refractivity contribution in [3.05, 3.63) is 36.5 Å². The van der Waals surface area contributed by atoms with Crippen LogP contribution in [0.25, 0.3) is 0 Å². The van der Waals surface area contributed by atoms with Gasteiger partial charge in [-0.2, -0.15) is 0 Å². The summed E-state index contributed by atoms with van der Waals surface area (Å²) >= 11 is 0. The summed E-state index contributed by atoms with van der Waals surface area (Å²) in [5, 5.41) is 0. The van der Waals surface area contributed by atoms with Crippen LogP contribution in [0, 0.1) is 0 Å². The van der Waals surface area contributed by atoms with Crippen LogP contribution in [0.15, 0.2) is 36.5 Å². The molecule has 0 aromatic rings. The minimum absolute atomic E-state index is 0.0861. The van der Waals surface area contributed by atoms with Crippen LogP contribution in [0.5, 0.6) is 0 Å². The van der Waals surface area contributed by atoms with Gasteiger partial charge in [0, 0.05) is 6.42 Å². The van der Waals surface area contributed by atoms with Crippen LogP contribution >= 0.6 is 0 Å². The van der Waals surface area contributed by atoms with Crippen LogP contribution in [-0.2, 0) is 9.53 Å². The van der Waals surface area contributed by atoms with Gasteiger partial charge < -0.3 is 4.74 Å². The Balaban J connectivity index is 3.24. The molecular formula is C18H30O2. The fourth-order valence-corrected chi connectivity index (χ4v) is 1.86. The van der Waals surface area contributed by atoms with Crippen molar-refractivity contribution in [1.29, 1.82) is 0 Å². The minimum atomic E-state index is -0.0861. The Labute approximate surface area is 124 Å². The molecule has 2 heteroatoms. The maximum absolute atomic E-state index is 10.9. The molecule has 20 heavy (non-hydrogen) atoms. The Morgan fingerprint density at radius 3 is 2.10 bits per heavy atom. The van der Waals surface area contributed by atoms with E-state index >= 15 is 0 Å². The lowest BCUT2D eigenvalue weighted by molar-refractivity contribution is -0.140. The lowest BCUT2D eigenvalue weighted by Crippen LogP contribution is -1.99. The predicted molar refractivity (Wildman–Crippen MR) is 86.7 cm³/mol. The van der Waals surface area contributed by atoms with Gasteiger partial charge in [0.2, 0.25) is 0 Å². The molecule has 0 aliphatic heterocycles. The van der Waals surface area contributed by atoms with Crippen molar-refractivity contribution in [3.63, 3.8) is 0 Å². The summed E-state index contributed by atoms with van der Waals surface area (Å²) in [5.74, 6) is -0.0861. The number of carbonyl (C=O) groups is 1. The highest BCUT2D eigenvalue weighted by Gasteiger charge is 1.98. The average Bonchev–Trinajstić information content (AvgIpc) is 2.47. The third-order valence-corrected chi connectivity index (χ3v) is 3.07. The topological polar surface area (TPSA) is 26.3 Å². The van der Waals surface area contributed by atoms with Crippen LogP contribution in [0.3, 0.4) is 0 Å². The third kappa shape index (κ3) is 14.7. The first-order valence-electron chi connectivity index (χ1n) is 7.86. The molecule has 0 spiro atoms. The number of rotatable bonds is 12. The van der Waals surface area contributed by atoms with Gasteiger partial charge >= 0.3 is 5.97 Å². The van der Waals surface area contributed by atoms with Crippen molar-refractivity contribution >= 4 is 5.97 Å². The molecule has 0 aromatic heterocycles. The number of allylic oxidation sites excluding steroid dienone is 6. The number of carbonyl (C=O) groups excluding carboxylic acids is 1. The van der Waals surface area contributed by atoms with Crippen LogP contribution in [0.4, 0.5) is 0 Å². The Kier molecular flexibility index (Phi) is 14.7. The molecule has 0 heterocycles. The fraction of sp³-hybridized carbons (Fsp3) is 0.611. The molecule has 0 aliphatic rings. The van der Waals surface area contributed by atoms with Gasteiger partial charge in [-0.1, -0.05) is 69.1 Å². The summed E-state index contributed by atoms with van der Waals surface area (Å²) < 4.78 is 4.61. The van der Waals surface area contributed by atoms with E-state index in [0.29, 0.717) is 6.42 Å². The van der Waals surface area contributed by atoms with Gasteiger partial charge in [-0.05, 0) is 25.7 Å².